The van der Waals surface area contributed by atoms with Gasteiger partial charge in [0, 0.05) is 0 Å². The molecule has 1 N–H and O–H groups in total. The van der Waals surface area contributed by atoms with Crippen LogP contribution >= 0.6 is 0 Å². The van der Waals surface area contributed by atoms with Crippen LogP contribution in [0.15, 0.2) is 59.4 Å². The van der Waals surface area contributed by atoms with Crippen LogP contribution in [0.25, 0.3) is 16.7 Å². The highest BCUT2D eigenvalue weighted by Gasteiger charge is 2.17. The molecule has 0 atom stereocenters. The van der Waals surface area contributed by atoms with E-state index in [0.717, 1.165) is 4.57 Å². The Morgan fingerprint density at radius 3 is 2.11 bits per heavy atom. The van der Waals surface area contributed by atoms with Crippen molar-refractivity contribution in [3.8, 4) is 5.69 Å². The van der Waals surface area contributed by atoms with Crippen LogP contribution in [0.5, 0.6) is 0 Å². The van der Waals surface area contributed by atoms with E-state index in [-0.39, 0.29) is 0 Å². The number of para-hydroxylation sites is 3. The predicted molar refractivity (Wildman–Crippen MR) is 71.0 cm³/mol. The van der Waals surface area contributed by atoms with Crippen LogP contribution in [0, 0.1) is 0 Å². The smallest absolute Gasteiger partial charge is 0.420 e. The molecule has 0 radical (unpaired) electrons. The van der Waals surface area contributed by atoms with E-state index >= 15 is 0 Å². The number of nitrogens with zero attached hydrogens (tertiary/aromatic N) is 2. The molecule has 1 aromatic heterocycles. The maximum atomic E-state index is 12.3. The average Bonchev–Trinajstić information content (AvgIpc) is 2.71. The molecule has 0 aliphatic rings. The first-order chi connectivity index (χ1) is 9.20. The van der Waals surface area contributed by atoms with Crippen molar-refractivity contribution >= 4 is 17.1 Å². The van der Waals surface area contributed by atoms with E-state index in [4.69, 9.17) is 0 Å². The Hall–Kier alpha value is -2.82. The maximum absolute atomic E-state index is 12.3. The fourth-order valence-electron chi connectivity index (χ4n) is 2.16. The zero-order valence-corrected chi connectivity index (χ0v) is 9.85. The zero-order chi connectivity index (χ0) is 13.4. The Bertz CT molecular complexity index is 816. The van der Waals surface area contributed by atoms with Gasteiger partial charge in [-0.1, -0.05) is 30.3 Å². The normalized spacial score (nSPS) is 10.7. The molecule has 0 spiro atoms. The van der Waals surface area contributed by atoms with Gasteiger partial charge in [-0.05, 0) is 24.3 Å². The minimum absolute atomic E-state index is 0.379. The van der Waals surface area contributed by atoms with Crippen LogP contribution < -0.4 is 5.69 Å². The molecule has 0 aliphatic carbocycles. The second kappa shape index (κ2) is 4.13. The number of hydrogen-bond acceptors (Lipinski definition) is 2. The Morgan fingerprint density at radius 1 is 0.895 bits per heavy atom. The first-order valence-electron chi connectivity index (χ1n) is 5.71. The monoisotopic (exact) mass is 254 g/mol. The summed E-state index contributed by atoms with van der Waals surface area (Å²) in [5, 5.41) is 9.17. The lowest BCUT2D eigenvalue weighted by Crippen LogP contribution is -2.27. The second-order valence-electron chi connectivity index (χ2n) is 4.06. The number of hydrogen-bond donors (Lipinski definition) is 1. The maximum Gasteiger partial charge on any atom is 0.420 e. The third-order valence-corrected chi connectivity index (χ3v) is 2.95. The summed E-state index contributed by atoms with van der Waals surface area (Å²) in [6.07, 6.45) is -1.28. The summed E-state index contributed by atoms with van der Waals surface area (Å²) in [5.41, 5.74) is 1.01. The summed E-state index contributed by atoms with van der Waals surface area (Å²) in [6.45, 7) is 0. The fraction of sp³-hybridized carbons (Fsp3) is 0. The second-order valence-corrected chi connectivity index (χ2v) is 4.06. The van der Waals surface area contributed by atoms with Gasteiger partial charge in [0.1, 0.15) is 0 Å². The number of carbonyl (C=O) groups is 1. The van der Waals surface area contributed by atoms with E-state index in [2.05, 4.69) is 0 Å². The molecule has 0 saturated heterocycles. The van der Waals surface area contributed by atoms with Gasteiger partial charge in [-0.3, -0.25) is 4.57 Å². The lowest BCUT2D eigenvalue weighted by atomic mass is 10.3. The molecule has 0 fully saturated rings. The van der Waals surface area contributed by atoms with Gasteiger partial charge in [-0.15, -0.1) is 0 Å². The first-order valence-corrected chi connectivity index (χ1v) is 5.71. The molecule has 3 aromatic rings. The van der Waals surface area contributed by atoms with E-state index in [1.807, 2.05) is 6.07 Å². The van der Waals surface area contributed by atoms with Gasteiger partial charge in [0.2, 0.25) is 0 Å². The summed E-state index contributed by atoms with van der Waals surface area (Å²) in [7, 11) is 0. The fourth-order valence-corrected chi connectivity index (χ4v) is 2.16. The summed E-state index contributed by atoms with van der Waals surface area (Å²) in [4.78, 5) is 23.5. The third kappa shape index (κ3) is 1.63. The molecule has 0 saturated carbocycles. The summed E-state index contributed by atoms with van der Waals surface area (Å²) in [6, 6.07) is 15.8. The number of imidazole rings is 1. The Kier molecular flexibility index (Phi) is 2.45. The summed E-state index contributed by atoms with van der Waals surface area (Å²) in [5.74, 6) is 0. The van der Waals surface area contributed by atoms with E-state index in [1.165, 1.54) is 4.57 Å². The molecule has 0 bridgehead atoms. The quantitative estimate of drug-likeness (QED) is 0.724. The van der Waals surface area contributed by atoms with Crippen molar-refractivity contribution in [2.45, 2.75) is 0 Å². The van der Waals surface area contributed by atoms with Crippen LogP contribution in [-0.4, -0.2) is 20.3 Å². The van der Waals surface area contributed by atoms with E-state index in [0.29, 0.717) is 16.7 Å². The number of fused-ring (bicyclic) bond motifs is 1. The van der Waals surface area contributed by atoms with Crippen molar-refractivity contribution in [1.82, 2.24) is 9.13 Å². The molecule has 1 heterocycles. The van der Waals surface area contributed by atoms with Gasteiger partial charge in [-0.25, -0.2) is 9.59 Å². The van der Waals surface area contributed by atoms with Crippen molar-refractivity contribution in [2.24, 2.45) is 0 Å². The Balaban J connectivity index is 2.47. The lowest BCUT2D eigenvalue weighted by Gasteiger charge is -2.01. The molecule has 0 unspecified atom stereocenters. The van der Waals surface area contributed by atoms with Crippen molar-refractivity contribution in [3.63, 3.8) is 0 Å². The molecule has 5 heteroatoms. The van der Waals surface area contributed by atoms with Crippen molar-refractivity contribution in [2.75, 3.05) is 0 Å². The lowest BCUT2D eigenvalue weighted by molar-refractivity contribution is 0.196. The van der Waals surface area contributed by atoms with Gasteiger partial charge >= 0.3 is 11.8 Å². The number of aromatic nitrogens is 2. The highest BCUT2D eigenvalue weighted by Crippen LogP contribution is 2.16. The average molecular weight is 254 g/mol. The SMILES string of the molecule is O=C(O)n1c(=O)n(-c2ccccc2)c2ccccc21. The Morgan fingerprint density at radius 2 is 1.47 bits per heavy atom. The molecule has 2 aromatic carbocycles. The molecule has 94 valence electrons. The number of benzene rings is 2. The highest BCUT2D eigenvalue weighted by molar-refractivity contribution is 5.87. The van der Waals surface area contributed by atoms with Crippen LogP contribution in [0.3, 0.4) is 0 Å². The van der Waals surface area contributed by atoms with Gasteiger partial charge in [0.05, 0.1) is 16.7 Å². The molecular formula is C14H10N2O3. The van der Waals surface area contributed by atoms with Crippen LogP contribution in [0.1, 0.15) is 0 Å². The van der Waals surface area contributed by atoms with E-state index in [1.54, 1.807) is 48.5 Å². The highest BCUT2D eigenvalue weighted by atomic mass is 16.4. The number of carboxylic acid groups (broad SMARTS) is 1. The van der Waals surface area contributed by atoms with Gasteiger partial charge in [0.25, 0.3) is 0 Å². The van der Waals surface area contributed by atoms with Crippen LogP contribution in [-0.2, 0) is 0 Å². The molecule has 0 amide bonds. The van der Waals surface area contributed by atoms with Gasteiger partial charge < -0.3 is 5.11 Å². The Labute approximate surface area is 108 Å². The van der Waals surface area contributed by atoms with Crippen LogP contribution in [0.2, 0.25) is 0 Å². The minimum atomic E-state index is -1.28. The van der Waals surface area contributed by atoms with Crippen molar-refractivity contribution < 1.29 is 9.90 Å². The van der Waals surface area contributed by atoms with Gasteiger partial charge in [-0.2, -0.15) is 4.57 Å². The predicted octanol–water partition coefficient (Wildman–Crippen LogP) is 2.32. The van der Waals surface area contributed by atoms with Crippen molar-refractivity contribution in [1.29, 1.82) is 0 Å². The minimum Gasteiger partial charge on any atom is -0.464 e. The molecule has 3 rings (SSSR count). The largest absolute Gasteiger partial charge is 0.464 e. The van der Waals surface area contributed by atoms with E-state index < -0.39 is 11.8 Å². The van der Waals surface area contributed by atoms with E-state index in [9.17, 15) is 14.7 Å². The third-order valence-electron chi connectivity index (χ3n) is 2.95. The number of rotatable bonds is 1. The van der Waals surface area contributed by atoms with Crippen molar-refractivity contribution in [3.05, 3.63) is 65.1 Å². The molecule has 19 heavy (non-hydrogen) atoms. The summed E-state index contributed by atoms with van der Waals surface area (Å²) < 4.78 is 2.14. The molecule has 0 aliphatic heterocycles. The summed E-state index contributed by atoms with van der Waals surface area (Å²) >= 11 is 0. The first kappa shape index (κ1) is 11.3. The standard InChI is InChI=1S/C14H10N2O3/c17-13-15(10-6-2-1-3-7-10)11-8-4-5-9-12(11)16(13)14(18)19/h1-9H,(H,18,19). The topological polar surface area (TPSA) is 64.2 Å². The van der Waals surface area contributed by atoms with Crippen LogP contribution in [0.4, 0.5) is 4.79 Å². The zero-order valence-electron chi connectivity index (χ0n) is 9.85. The molecule has 5 nitrogen and oxygen atoms in total. The molecular weight excluding hydrogens is 244 g/mol. The van der Waals surface area contributed by atoms with Gasteiger partial charge in [0.15, 0.2) is 0 Å².